The summed E-state index contributed by atoms with van der Waals surface area (Å²) >= 11 is 0. The molecule has 124 valence electrons. The Morgan fingerprint density at radius 3 is 2.86 bits per heavy atom. The fraction of sp³-hybridized carbons (Fsp3) is 0.842. The average Bonchev–Trinajstić information content (AvgIpc) is 2.54. The Labute approximate surface area is 134 Å². The van der Waals surface area contributed by atoms with Gasteiger partial charge in [-0.05, 0) is 51.4 Å². The Kier molecular flexibility index (Phi) is 5.56. The van der Waals surface area contributed by atoms with Gasteiger partial charge in [0, 0.05) is 18.8 Å². The lowest BCUT2D eigenvalue weighted by atomic mass is 9.68. The summed E-state index contributed by atoms with van der Waals surface area (Å²) < 4.78 is 11.6. The number of allylic oxidation sites excluding steroid dienone is 1. The fourth-order valence-electron chi connectivity index (χ4n) is 4.64. The first-order chi connectivity index (χ1) is 10.8. The number of hydrogen-bond acceptors (Lipinski definition) is 3. The molecule has 1 saturated carbocycles. The summed E-state index contributed by atoms with van der Waals surface area (Å²) in [5, 5.41) is 0. The van der Waals surface area contributed by atoms with Crippen molar-refractivity contribution in [1.29, 1.82) is 0 Å². The first kappa shape index (κ1) is 16.0. The van der Waals surface area contributed by atoms with Crippen molar-refractivity contribution < 1.29 is 14.3 Å². The zero-order valence-electron chi connectivity index (χ0n) is 13.9. The molecule has 1 aliphatic heterocycles. The molecule has 0 spiro atoms. The topological polar surface area (TPSA) is 35.5 Å². The van der Waals surface area contributed by atoms with Gasteiger partial charge in [-0.2, -0.15) is 0 Å². The number of carbonyl (C=O) groups excluding carboxylic acids is 1. The van der Waals surface area contributed by atoms with Gasteiger partial charge in [-0.25, -0.2) is 0 Å². The molecule has 0 radical (unpaired) electrons. The Bertz CT molecular complexity index is 415. The zero-order valence-corrected chi connectivity index (χ0v) is 13.9. The molecule has 0 bridgehead atoms. The molecule has 3 rings (SSSR count). The highest BCUT2D eigenvalue weighted by atomic mass is 16.5. The Morgan fingerprint density at radius 1 is 1.18 bits per heavy atom. The van der Waals surface area contributed by atoms with E-state index in [0.717, 1.165) is 25.2 Å². The van der Waals surface area contributed by atoms with Crippen molar-refractivity contribution in [2.24, 2.45) is 11.8 Å². The highest BCUT2D eigenvalue weighted by Crippen LogP contribution is 2.47. The summed E-state index contributed by atoms with van der Waals surface area (Å²) in [5.41, 5.74) is 1.74. The second-order valence-electron chi connectivity index (χ2n) is 7.18. The first-order valence-electron chi connectivity index (χ1n) is 9.24. The summed E-state index contributed by atoms with van der Waals surface area (Å²) in [4.78, 5) is 10.8. The largest absolute Gasteiger partial charge is 0.466 e. The van der Waals surface area contributed by atoms with Crippen LogP contribution in [-0.4, -0.2) is 24.8 Å². The van der Waals surface area contributed by atoms with Crippen LogP contribution in [0.2, 0.25) is 0 Å². The number of unbranched alkanes of at least 4 members (excludes halogenated alkanes) is 1. The standard InChI is InChI=1S/C19H30O3/c1-14(20)21-13-7-6-12-19-16-9-3-2-8-15(16)17-10-4-5-11-18(17)22-19/h8,16-19H,2-7,9-13H2,1H3/t16-,17-,18+,19-/m0/s1. The van der Waals surface area contributed by atoms with Crippen molar-refractivity contribution >= 4 is 5.97 Å². The Morgan fingerprint density at radius 2 is 2.00 bits per heavy atom. The minimum atomic E-state index is -0.170. The molecule has 1 saturated heterocycles. The molecule has 2 fully saturated rings. The third kappa shape index (κ3) is 3.73. The van der Waals surface area contributed by atoms with Crippen LogP contribution in [0.5, 0.6) is 0 Å². The first-order valence-corrected chi connectivity index (χ1v) is 9.24. The smallest absolute Gasteiger partial charge is 0.302 e. The van der Waals surface area contributed by atoms with Crippen molar-refractivity contribution in [3.63, 3.8) is 0 Å². The number of hydrogen-bond donors (Lipinski definition) is 0. The van der Waals surface area contributed by atoms with E-state index < -0.39 is 0 Å². The molecule has 4 atom stereocenters. The van der Waals surface area contributed by atoms with Crippen LogP contribution in [0.4, 0.5) is 0 Å². The van der Waals surface area contributed by atoms with E-state index in [1.807, 2.05) is 0 Å². The van der Waals surface area contributed by atoms with E-state index in [0.29, 0.717) is 24.7 Å². The number of carbonyl (C=O) groups is 1. The quantitative estimate of drug-likeness (QED) is 0.429. The lowest BCUT2D eigenvalue weighted by molar-refractivity contribution is -0.141. The summed E-state index contributed by atoms with van der Waals surface area (Å²) in [6.07, 6.45) is 15.8. The fourth-order valence-corrected chi connectivity index (χ4v) is 4.64. The van der Waals surface area contributed by atoms with E-state index in [1.54, 1.807) is 5.57 Å². The van der Waals surface area contributed by atoms with Gasteiger partial charge < -0.3 is 9.47 Å². The molecule has 0 N–H and O–H groups in total. The van der Waals surface area contributed by atoms with E-state index in [-0.39, 0.29) is 5.97 Å². The zero-order chi connectivity index (χ0) is 15.4. The third-order valence-electron chi connectivity index (χ3n) is 5.64. The van der Waals surface area contributed by atoms with Gasteiger partial charge >= 0.3 is 5.97 Å². The number of rotatable bonds is 5. The molecule has 3 heteroatoms. The molecule has 0 amide bonds. The number of esters is 1. The van der Waals surface area contributed by atoms with Crippen LogP contribution in [0.25, 0.3) is 0 Å². The molecule has 22 heavy (non-hydrogen) atoms. The van der Waals surface area contributed by atoms with Crippen LogP contribution >= 0.6 is 0 Å². The molecule has 0 aromatic carbocycles. The summed E-state index contributed by atoms with van der Waals surface area (Å²) in [6, 6.07) is 0. The highest BCUT2D eigenvalue weighted by Gasteiger charge is 2.42. The van der Waals surface area contributed by atoms with Crippen molar-refractivity contribution in [3.8, 4) is 0 Å². The Hall–Kier alpha value is -0.830. The van der Waals surface area contributed by atoms with E-state index >= 15 is 0 Å². The molecular weight excluding hydrogens is 276 g/mol. The average molecular weight is 306 g/mol. The minimum Gasteiger partial charge on any atom is -0.466 e. The molecule has 3 nitrogen and oxygen atoms in total. The van der Waals surface area contributed by atoms with Gasteiger partial charge in [0.05, 0.1) is 18.8 Å². The molecule has 3 aliphatic rings. The predicted molar refractivity (Wildman–Crippen MR) is 86.5 cm³/mol. The third-order valence-corrected chi connectivity index (χ3v) is 5.64. The SMILES string of the molecule is CC(=O)OCCCC[C@@H]1O[C@@H]2CCCC[C@H]2C2=CCCC[C@@H]21. The predicted octanol–water partition coefficient (Wildman–Crippen LogP) is 4.40. The summed E-state index contributed by atoms with van der Waals surface area (Å²) in [6.45, 7) is 2.04. The maximum Gasteiger partial charge on any atom is 0.302 e. The molecule has 2 aliphatic carbocycles. The van der Waals surface area contributed by atoms with E-state index in [9.17, 15) is 4.79 Å². The van der Waals surface area contributed by atoms with E-state index in [1.165, 1.54) is 51.9 Å². The second kappa shape index (κ2) is 7.63. The molecular formula is C19H30O3. The van der Waals surface area contributed by atoms with Crippen LogP contribution in [0.15, 0.2) is 11.6 Å². The lowest BCUT2D eigenvalue weighted by Gasteiger charge is -2.47. The van der Waals surface area contributed by atoms with Crippen LogP contribution in [0.1, 0.15) is 71.1 Å². The maximum absolute atomic E-state index is 10.8. The van der Waals surface area contributed by atoms with Gasteiger partial charge in [-0.1, -0.05) is 24.5 Å². The van der Waals surface area contributed by atoms with Gasteiger partial charge in [0.25, 0.3) is 0 Å². The monoisotopic (exact) mass is 306 g/mol. The van der Waals surface area contributed by atoms with Gasteiger partial charge in [0.2, 0.25) is 0 Å². The molecule has 0 aromatic rings. The maximum atomic E-state index is 10.8. The summed E-state index contributed by atoms with van der Waals surface area (Å²) in [7, 11) is 0. The van der Waals surface area contributed by atoms with Crippen LogP contribution in [0, 0.1) is 11.8 Å². The number of fused-ring (bicyclic) bond motifs is 3. The van der Waals surface area contributed by atoms with Crippen LogP contribution in [0.3, 0.4) is 0 Å². The van der Waals surface area contributed by atoms with Gasteiger partial charge in [0.15, 0.2) is 0 Å². The second-order valence-corrected chi connectivity index (χ2v) is 7.18. The van der Waals surface area contributed by atoms with Crippen LogP contribution in [-0.2, 0) is 14.3 Å². The van der Waals surface area contributed by atoms with Gasteiger partial charge in [0.1, 0.15) is 0 Å². The molecule has 1 heterocycles. The Balaban J connectivity index is 1.55. The minimum absolute atomic E-state index is 0.170. The van der Waals surface area contributed by atoms with Gasteiger partial charge in [-0.15, -0.1) is 0 Å². The summed E-state index contributed by atoms with van der Waals surface area (Å²) in [5.74, 6) is 1.22. The molecule has 0 aromatic heterocycles. The van der Waals surface area contributed by atoms with Crippen molar-refractivity contribution in [2.45, 2.75) is 83.3 Å². The van der Waals surface area contributed by atoms with Gasteiger partial charge in [-0.3, -0.25) is 4.79 Å². The number of ether oxygens (including phenoxy) is 2. The van der Waals surface area contributed by atoms with Crippen LogP contribution < -0.4 is 0 Å². The van der Waals surface area contributed by atoms with E-state index in [4.69, 9.17) is 9.47 Å². The van der Waals surface area contributed by atoms with Crippen molar-refractivity contribution in [3.05, 3.63) is 11.6 Å². The van der Waals surface area contributed by atoms with Crippen molar-refractivity contribution in [1.82, 2.24) is 0 Å². The van der Waals surface area contributed by atoms with E-state index in [2.05, 4.69) is 6.08 Å². The van der Waals surface area contributed by atoms with Crippen molar-refractivity contribution in [2.75, 3.05) is 6.61 Å². The normalized spacial score (nSPS) is 34.3. The lowest BCUT2D eigenvalue weighted by Crippen LogP contribution is -2.45. The highest BCUT2D eigenvalue weighted by molar-refractivity contribution is 5.65. The molecule has 0 unspecified atom stereocenters.